The zero-order valence-electron chi connectivity index (χ0n) is 10.7. The van der Waals surface area contributed by atoms with E-state index in [1.165, 1.54) is 11.4 Å². The zero-order chi connectivity index (χ0) is 14.0. The molecule has 0 amide bonds. The maximum Gasteiger partial charge on any atom is 0.304 e. The molecule has 2 N–H and O–H groups in total. The summed E-state index contributed by atoms with van der Waals surface area (Å²) < 4.78 is 26.5. The summed E-state index contributed by atoms with van der Waals surface area (Å²) in [6, 6.07) is 0. The Kier molecular flexibility index (Phi) is 4.71. The van der Waals surface area contributed by atoms with Crippen molar-refractivity contribution in [1.82, 2.24) is 8.61 Å². The van der Waals surface area contributed by atoms with E-state index < -0.39 is 21.8 Å². The molecule has 106 valence electrons. The van der Waals surface area contributed by atoms with Crippen molar-refractivity contribution >= 4 is 16.2 Å². The molecule has 1 aliphatic rings. The van der Waals surface area contributed by atoms with Gasteiger partial charge in [0.05, 0.1) is 12.0 Å². The van der Waals surface area contributed by atoms with Crippen LogP contribution < -0.4 is 0 Å². The van der Waals surface area contributed by atoms with E-state index in [4.69, 9.17) is 5.11 Å². The third-order valence-electron chi connectivity index (χ3n) is 3.00. The van der Waals surface area contributed by atoms with E-state index in [-0.39, 0.29) is 19.5 Å². The second kappa shape index (κ2) is 5.52. The normalized spacial score (nSPS) is 26.4. The first kappa shape index (κ1) is 15.4. The summed E-state index contributed by atoms with van der Waals surface area (Å²) in [4.78, 5) is 10.4. The summed E-state index contributed by atoms with van der Waals surface area (Å²) in [5.41, 5.74) is -1.01. The fourth-order valence-corrected chi connectivity index (χ4v) is 3.45. The minimum absolute atomic E-state index is 0.0484. The standard InChI is InChI=1S/C10H20N2O5S/c1-10(15)5-3-6-12(8-10)18(16,17)11(2)7-4-9(13)14/h15H,3-8H2,1-2H3,(H,13,14). The van der Waals surface area contributed by atoms with Gasteiger partial charge < -0.3 is 10.2 Å². The number of piperidine rings is 1. The third kappa shape index (κ3) is 3.91. The highest BCUT2D eigenvalue weighted by molar-refractivity contribution is 7.86. The highest BCUT2D eigenvalue weighted by Gasteiger charge is 2.36. The fraction of sp³-hybridized carbons (Fsp3) is 0.900. The molecule has 0 radical (unpaired) electrons. The van der Waals surface area contributed by atoms with E-state index >= 15 is 0 Å². The molecule has 0 aliphatic carbocycles. The fourth-order valence-electron chi connectivity index (χ4n) is 1.94. The van der Waals surface area contributed by atoms with Gasteiger partial charge in [-0.15, -0.1) is 0 Å². The average molecular weight is 280 g/mol. The number of hydrogen-bond acceptors (Lipinski definition) is 4. The van der Waals surface area contributed by atoms with Crippen LogP contribution in [0.4, 0.5) is 0 Å². The van der Waals surface area contributed by atoms with Gasteiger partial charge in [0, 0.05) is 26.7 Å². The molecule has 8 heteroatoms. The van der Waals surface area contributed by atoms with Crippen molar-refractivity contribution in [3.8, 4) is 0 Å². The number of nitrogens with zero attached hydrogens (tertiary/aromatic N) is 2. The van der Waals surface area contributed by atoms with Gasteiger partial charge >= 0.3 is 5.97 Å². The van der Waals surface area contributed by atoms with Gasteiger partial charge in [0.25, 0.3) is 10.2 Å². The van der Waals surface area contributed by atoms with E-state index in [9.17, 15) is 18.3 Å². The third-order valence-corrected chi connectivity index (χ3v) is 4.94. The van der Waals surface area contributed by atoms with Crippen LogP contribution in [0.5, 0.6) is 0 Å². The highest BCUT2D eigenvalue weighted by Crippen LogP contribution is 2.23. The Labute approximate surface area is 107 Å². The summed E-state index contributed by atoms with van der Waals surface area (Å²) in [6.07, 6.45) is 0.927. The number of rotatable bonds is 5. The van der Waals surface area contributed by atoms with Crippen LogP contribution in [-0.4, -0.2) is 65.5 Å². The number of β-amino-alcohol motifs (C(OH)–C–C–N with tert-alkyl or cyclic N) is 1. The number of hydrogen-bond donors (Lipinski definition) is 2. The smallest absolute Gasteiger partial charge is 0.304 e. The second-order valence-electron chi connectivity index (χ2n) is 4.91. The van der Waals surface area contributed by atoms with Gasteiger partial charge in [0.2, 0.25) is 0 Å². The highest BCUT2D eigenvalue weighted by atomic mass is 32.2. The molecule has 1 aliphatic heterocycles. The molecular weight excluding hydrogens is 260 g/mol. The SMILES string of the molecule is CN(CCC(=O)O)S(=O)(=O)N1CCCC(C)(O)C1. The van der Waals surface area contributed by atoms with Crippen LogP contribution in [0.2, 0.25) is 0 Å². The topological polar surface area (TPSA) is 98.2 Å². The van der Waals surface area contributed by atoms with Gasteiger partial charge in [-0.1, -0.05) is 0 Å². The molecule has 0 aromatic rings. The van der Waals surface area contributed by atoms with Crippen LogP contribution in [0, 0.1) is 0 Å². The van der Waals surface area contributed by atoms with Crippen molar-refractivity contribution in [2.24, 2.45) is 0 Å². The second-order valence-corrected chi connectivity index (χ2v) is 6.94. The van der Waals surface area contributed by atoms with Gasteiger partial charge in [-0.25, -0.2) is 0 Å². The Bertz CT molecular complexity index is 406. The molecule has 1 heterocycles. The molecule has 0 spiro atoms. The Morgan fingerprint density at radius 1 is 1.50 bits per heavy atom. The molecular formula is C10H20N2O5S. The van der Waals surface area contributed by atoms with Crippen LogP contribution in [0.15, 0.2) is 0 Å². The molecule has 0 bridgehead atoms. The van der Waals surface area contributed by atoms with E-state index in [0.717, 1.165) is 4.31 Å². The average Bonchev–Trinajstić information content (AvgIpc) is 2.24. The van der Waals surface area contributed by atoms with E-state index in [2.05, 4.69) is 0 Å². The lowest BCUT2D eigenvalue weighted by atomic mass is 9.97. The van der Waals surface area contributed by atoms with Crippen LogP contribution in [-0.2, 0) is 15.0 Å². The molecule has 1 fully saturated rings. The summed E-state index contributed by atoms with van der Waals surface area (Å²) in [5.74, 6) is -1.04. The molecule has 0 aromatic carbocycles. The van der Waals surface area contributed by atoms with Crippen molar-refractivity contribution in [1.29, 1.82) is 0 Å². The molecule has 1 atom stereocenters. The van der Waals surface area contributed by atoms with Gasteiger partial charge in [-0.05, 0) is 19.8 Å². The zero-order valence-corrected chi connectivity index (χ0v) is 11.5. The summed E-state index contributed by atoms with van der Waals surface area (Å²) >= 11 is 0. The largest absolute Gasteiger partial charge is 0.481 e. The predicted octanol–water partition coefficient (Wildman–Crippen LogP) is -0.515. The van der Waals surface area contributed by atoms with Crippen molar-refractivity contribution in [2.45, 2.75) is 31.8 Å². The van der Waals surface area contributed by atoms with Gasteiger partial charge in [-0.2, -0.15) is 17.0 Å². The van der Waals surface area contributed by atoms with Crippen molar-refractivity contribution < 1.29 is 23.4 Å². The molecule has 1 unspecified atom stereocenters. The van der Waals surface area contributed by atoms with Gasteiger partial charge in [0.1, 0.15) is 0 Å². The van der Waals surface area contributed by atoms with Crippen LogP contribution in [0.25, 0.3) is 0 Å². The lowest BCUT2D eigenvalue weighted by Crippen LogP contribution is -2.52. The van der Waals surface area contributed by atoms with Crippen molar-refractivity contribution in [3.05, 3.63) is 0 Å². The number of aliphatic carboxylic acids is 1. The minimum Gasteiger partial charge on any atom is -0.481 e. The monoisotopic (exact) mass is 280 g/mol. The lowest BCUT2D eigenvalue weighted by Gasteiger charge is -2.37. The van der Waals surface area contributed by atoms with Crippen molar-refractivity contribution in [3.63, 3.8) is 0 Å². The maximum absolute atomic E-state index is 12.1. The van der Waals surface area contributed by atoms with E-state index in [1.54, 1.807) is 6.92 Å². The number of carboxylic acid groups (broad SMARTS) is 1. The lowest BCUT2D eigenvalue weighted by molar-refractivity contribution is -0.137. The summed E-state index contributed by atoms with van der Waals surface area (Å²) in [5, 5.41) is 18.4. The molecule has 1 rings (SSSR count). The molecule has 18 heavy (non-hydrogen) atoms. The molecule has 7 nitrogen and oxygen atoms in total. The van der Waals surface area contributed by atoms with Gasteiger partial charge in [0.15, 0.2) is 0 Å². The minimum atomic E-state index is -3.69. The van der Waals surface area contributed by atoms with E-state index in [0.29, 0.717) is 19.4 Å². The van der Waals surface area contributed by atoms with E-state index in [1.807, 2.05) is 0 Å². The number of carbonyl (C=O) groups is 1. The Balaban J connectivity index is 2.70. The Morgan fingerprint density at radius 3 is 2.61 bits per heavy atom. The van der Waals surface area contributed by atoms with Crippen molar-refractivity contribution in [2.75, 3.05) is 26.7 Å². The van der Waals surface area contributed by atoms with Crippen LogP contribution in [0.1, 0.15) is 26.2 Å². The van der Waals surface area contributed by atoms with Crippen LogP contribution >= 0.6 is 0 Å². The maximum atomic E-state index is 12.1. The first-order valence-electron chi connectivity index (χ1n) is 5.81. The van der Waals surface area contributed by atoms with Gasteiger partial charge in [-0.3, -0.25) is 4.79 Å². The molecule has 0 saturated carbocycles. The first-order valence-corrected chi connectivity index (χ1v) is 7.20. The number of carboxylic acids is 1. The molecule has 0 aromatic heterocycles. The first-order chi connectivity index (χ1) is 8.15. The molecule has 1 saturated heterocycles. The Hall–Kier alpha value is -0.700. The predicted molar refractivity (Wildman–Crippen MR) is 65.2 cm³/mol. The summed E-state index contributed by atoms with van der Waals surface area (Å²) in [7, 11) is -2.34. The number of aliphatic hydroxyl groups is 1. The van der Waals surface area contributed by atoms with Crippen LogP contribution in [0.3, 0.4) is 0 Å². The Morgan fingerprint density at radius 2 is 2.11 bits per heavy atom. The quantitative estimate of drug-likeness (QED) is 0.706. The summed E-state index contributed by atoms with van der Waals surface area (Å²) in [6.45, 7) is 1.94.